The summed E-state index contributed by atoms with van der Waals surface area (Å²) in [5.41, 5.74) is 6.91. The SMILES string of the molecule is CCN1/C(=C/c2nc3cc(C)c(C)cc3s2)C=Cc2cc(O)ccc21. The molecule has 0 fully saturated rings. The average Bonchev–Trinajstić information content (AvgIpc) is 2.96. The van der Waals surface area contributed by atoms with Gasteiger partial charge in [-0.3, -0.25) is 0 Å². The number of benzene rings is 2. The van der Waals surface area contributed by atoms with Crippen LogP contribution >= 0.6 is 11.3 Å². The zero-order chi connectivity index (χ0) is 17.6. The van der Waals surface area contributed by atoms with E-state index in [9.17, 15) is 5.11 Å². The Morgan fingerprint density at radius 3 is 2.72 bits per heavy atom. The standard InChI is InChI=1S/C21H20N2OS/c1-4-23-16(6-5-15-11-17(24)7-8-19(15)23)12-21-22-18-9-13(2)14(3)10-20(18)25-21/h5-12,24H,4H2,1-3H3/b16-12+. The maximum absolute atomic E-state index is 9.70. The van der Waals surface area contributed by atoms with Gasteiger partial charge in [-0.1, -0.05) is 6.08 Å². The minimum absolute atomic E-state index is 0.295. The lowest BCUT2D eigenvalue weighted by atomic mass is 10.1. The van der Waals surface area contributed by atoms with E-state index < -0.39 is 0 Å². The average molecular weight is 348 g/mol. The predicted molar refractivity (Wildman–Crippen MR) is 107 cm³/mol. The molecular weight excluding hydrogens is 328 g/mol. The highest BCUT2D eigenvalue weighted by molar-refractivity contribution is 7.19. The smallest absolute Gasteiger partial charge is 0.119 e. The van der Waals surface area contributed by atoms with Gasteiger partial charge in [-0.2, -0.15) is 0 Å². The first-order valence-electron chi connectivity index (χ1n) is 8.43. The van der Waals surface area contributed by atoms with E-state index in [0.29, 0.717) is 5.75 Å². The van der Waals surface area contributed by atoms with Crippen LogP contribution < -0.4 is 4.90 Å². The molecule has 1 aromatic heterocycles. The summed E-state index contributed by atoms with van der Waals surface area (Å²) in [7, 11) is 0. The van der Waals surface area contributed by atoms with Gasteiger partial charge < -0.3 is 10.0 Å². The Morgan fingerprint density at radius 2 is 1.92 bits per heavy atom. The molecule has 3 nitrogen and oxygen atoms in total. The van der Waals surface area contributed by atoms with E-state index in [0.717, 1.165) is 34.0 Å². The first-order chi connectivity index (χ1) is 12.0. The van der Waals surface area contributed by atoms with Crippen LogP contribution in [0.2, 0.25) is 0 Å². The van der Waals surface area contributed by atoms with Gasteiger partial charge in [0, 0.05) is 23.5 Å². The maximum atomic E-state index is 9.70. The summed E-state index contributed by atoms with van der Waals surface area (Å²) in [5, 5.41) is 10.7. The number of likely N-dealkylation sites (N-methyl/N-ethyl adjacent to an activating group) is 1. The molecule has 4 heteroatoms. The van der Waals surface area contributed by atoms with Crippen molar-refractivity contribution in [1.29, 1.82) is 0 Å². The summed E-state index contributed by atoms with van der Waals surface area (Å²) in [6, 6.07) is 9.89. The van der Waals surface area contributed by atoms with Crippen molar-refractivity contribution >= 4 is 39.4 Å². The third-order valence-electron chi connectivity index (χ3n) is 4.66. The van der Waals surface area contributed by atoms with E-state index in [-0.39, 0.29) is 0 Å². The molecule has 1 N–H and O–H groups in total. The number of fused-ring (bicyclic) bond motifs is 2. The molecule has 0 amide bonds. The zero-order valence-corrected chi connectivity index (χ0v) is 15.4. The van der Waals surface area contributed by atoms with Crippen molar-refractivity contribution in [3.05, 3.63) is 63.8 Å². The van der Waals surface area contributed by atoms with Crippen LogP contribution in [0.3, 0.4) is 0 Å². The summed E-state index contributed by atoms with van der Waals surface area (Å²) in [6.45, 7) is 7.26. The molecule has 0 saturated carbocycles. The third-order valence-corrected chi connectivity index (χ3v) is 5.62. The molecule has 0 unspecified atom stereocenters. The first kappa shape index (κ1) is 15.9. The number of aryl methyl sites for hydroxylation is 2. The van der Waals surface area contributed by atoms with Crippen LogP contribution in [-0.2, 0) is 0 Å². The number of phenolic OH excluding ortho intramolecular Hbond substituents is 1. The van der Waals surface area contributed by atoms with Crippen molar-refractivity contribution in [1.82, 2.24) is 4.98 Å². The highest BCUT2D eigenvalue weighted by atomic mass is 32.1. The minimum Gasteiger partial charge on any atom is -0.508 e. The number of nitrogens with zero attached hydrogens (tertiary/aromatic N) is 2. The van der Waals surface area contributed by atoms with Gasteiger partial charge in [-0.25, -0.2) is 4.98 Å². The van der Waals surface area contributed by atoms with Gasteiger partial charge in [-0.05, 0) is 74.4 Å². The molecule has 1 aliphatic heterocycles. The molecule has 25 heavy (non-hydrogen) atoms. The largest absolute Gasteiger partial charge is 0.508 e. The van der Waals surface area contributed by atoms with Crippen molar-refractivity contribution in [3.8, 4) is 5.75 Å². The van der Waals surface area contributed by atoms with E-state index >= 15 is 0 Å². The Bertz CT molecular complexity index is 991. The fourth-order valence-electron chi connectivity index (χ4n) is 3.19. The summed E-state index contributed by atoms with van der Waals surface area (Å²) in [4.78, 5) is 7.04. The number of thiazole rings is 1. The Kier molecular flexibility index (Phi) is 3.85. The Hall–Kier alpha value is -2.59. The fourth-order valence-corrected chi connectivity index (χ4v) is 4.18. The second-order valence-corrected chi connectivity index (χ2v) is 7.41. The molecule has 1 aliphatic rings. The molecule has 0 spiro atoms. The summed E-state index contributed by atoms with van der Waals surface area (Å²) >= 11 is 1.72. The van der Waals surface area contributed by atoms with Crippen LogP contribution in [-0.4, -0.2) is 16.6 Å². The van der Waals surface area contributed by atoms with Crippen LogP contribution in [0.4, 0.5) is 5.69 Å². The summed E-state index contributed by atoms with van der Waals surface area (Å²) in [5.74, 6) is 0.295. The van der Waals surface area contributed by atoms with Gasteiger partial charge in [0.25, 0.3) is 0 Å². The molecule has 0 radical (unpaired) electrons. The Labute approximate surface area is 151 Å². The van der Waals surface area contributed by atoms with E-state index in [1.165, 1.54) is 15.8 Å². The van der Waals surface area contributed by atoms with E-state index in [4.69, 9.17) is 4.98 Å². The van der Waals surface area contributed by atoms with Crippen LogP contribution in [0.25, 0.3) is 22.4 Å². The quantitative estimate of drug-likeness (QED) is 0.663. The molecule has 2 aromatic carbocycles. The van der Waals surface area contributed by atoms with Crippen LogP contribution in [0, 0.1) is 13.8 Å². The molecule has 0 saturated heterocycles. The molecule has 3 aromatic rings. The van der Waals surface area contributed by atoms with E-state index in [1.54, 1.807) is 23.5 Å². The fraction of sp³-hybridized carbons (Fsp3) is 0.190. The van der Waals surface area contributed by atoms with Crippen LogP contribution in [0.5, 0.6) is 5.75 Å². The van der Waals surface area contributed by atoms with Gasteiger partial charge in [0.15, 0.2) is 0 Å². The second-order valence-electron chi connectivity index (χ2n) is 6.35. The molecule has 0 aliphatic carbocycles. The molecule has 0 atom stereocenters. The van der Waals surface area contributed by atoms with Gasteiger partial charge in [0.1, 0.15) is 10.8 Å². The number of phenols is 1. The van der Waals surface area contributed by atoms with Crippen molar-refractivity contribution in [2.75, 3.05) is 11.4 Å². The normalized spacial score (nSPS) is 15.2. The molecule has 4 rings (SSSR count). The van der Waals surface area contributed by atoms with Crippen LogP contribution in [0.1, 0.15) is 28.6 Å². The van der Waals surface area contributed by atoms with Gasteiger partial charge >= 0.3 is 0 Å². The number of aromatic hydroxyl groups is 1. The zero-order valence-electron chi connectivity index (χ0n) is 14.6. The number of aromatic nitrogens is 1. The lowest BCUT2D eigenvalue weighted by Gasteiger charge is -2.29. The molecular formula is C21H20N2OS. The Morgan fingerprint density at radius 1 is 1.12 bits per heavy atom. The monoisotopic (exact) mass is 348 g/mol. The third kappa shape index (κ3) is 2.83. The highest BCUT2D eigenvalue weighted by Crippen LogP contribution is 2.34. The number of allylic oxidation sites excluding steroid dienone is 1. The number of hydrogen-bond donors (Lipinski definition) is 1. The van der Waals surface area contributed by atoms with Crippen molar-refractivity contribution in [3.63, 3.8) is 0 Å². The van der Waals surface area contributed by atoms with Crippen LogP contribution in [0.15, 0.2) is 42.1 Å². The van der Waals surface area contributed by atoms with E-state index in [2.05, 4.69) is 56.0 Å². The van der Waals surface area contributed by atoms with Gasteiger partial charge in [-0.15, -0.1) is 11.3 Å². The maximum Gasteiger partial charge on any atom is 0.119 e. The van der Waals surface area contributed by atoms with Crippen molar-refractivity contribution in [2.24, 2.45) is 0 Å². The summed E-state index contributed by atoms with van der Waals surface area (Å²) in [6.07, 6.45) is 6.29. The van der Waals surface area contributed by atoms with E-state index in [1.807, 2.05) is 6.07 Å². The number of rotatable bonds is 2. The van der Waals surface area contributed by atoms with Gasteiger partial charge in [0.2, 0.25) is 0 Å². The highest BCUT2D eigenvalue weighted by Gasteiger charge is 2.17. The Balaban J connectivity index is 1.77. The lowest BCUT2D eigenvalue weighted by molar-refractivity contribution is 0.475. The molecule has 126 valence electrons. The predicted octanol–water partition coefficient (Wildman–Crippen LogP) is 5.51. The molecule has 2 heterocycles. The molecule has 0 bridgehead atoms. The lowest BCUT2D eigenvalue weighted by Crippen LogP contribution is -2.23. The first-order valence-corrected chi connectivity index (χ1v) is 9.25. The minimum atomic E-state index is 0.295. The summed E-state index contributed by atoms with van der Waals surface area (Å²) < 4.78 is 1.23. The number of hydrogen-bond acceptors (Lipinski definition) is 4. The number of anilines is 1. The van der Waals surface area contributed by atoms with Crippen molar-refractivity contribution in [2.45, 2.75) is 20.8 Å². The second kappa shape index (κ2) is 6.05. The topological polar surface area (TPSA) is 36.4 Å². The van der Waals surface area contributed by atoms with Gasteiger partial charge in [0.05, 0.1) is 10.2 Å². The van der Waals surface area contributed by atoms with Crippen molar-refractivity contribution < 1.29 is 5.11 Å².